The number of aromatic nitrogens is 2. The van der Waals surface area contributed by atoms with Crippen LogP contribution in [0.1, 0.15) is 102 Å². The molecule has 3 heteroatoms. The SMILES string of the molecule is CCCCCCC1CCC(C#N)(c2cnc(CCCCC)nc2)CC1. The maximum atomic E-state index is 9.86. The molecule has 25 heavy (non-hydrogen) atoms. The molecule has 0 unspecified atom stereocenters. The third-order valence-corrected chi connectivity index (χ3v) is 5.90. The molecule has 0 spiro atoms. The molecular weight excluding hydrogens is 306 g/mol. The van der Waals surface area contributed by atoms with Gasteiger partial charge in [0.15, 0.2) is 0 Å². The van der Waals surface area contributed by atoms with Crippen molar-refractivity contribution < 1.29 is 0 Å². The summed E-state index contributed by atoms with van der Waals surface area (Å²) in [7, 11) is 0. The topological polar surface area (TPSA) is 49.6 Å². The van der Waals surface area contributed by atoms with E-state index in [9.17, 15) is 5.26 Å². The van der Waals surface area contributed by atoms with Crippen molar-refractivity contribution in [1.82, 2.24) is 9.97 Å². The first kappa shape index (κ1) is 19.9. The quantitative estimate of drug-likeness (QED) is 0.481. The molecule has 3 nitrogen and oxygen atoms in total. The van der Waals surface area contributed by atoms with E-state index in [1.165, 1.54) is 57.8 Å². The van der Waals surface area contributed by atoms with Crippen molar-refractivity contribution >= 4 is 0 Å². The Morgan fingerprint density at radius 2 is 1.64 bits per heavy atom. The second kappa shape index (κ2) is 10.5. The number of aryl methyl sites for hydroxylation is 1. The number of hydrogen-bond donors (Lipinski definition) is 0. The monoisotopic (exact) mass is 341 g/mol. The van der Waals surface area contributed by atoms with Crippen LogP contribution >= 0.6 is 0 Å². The van der Waals surface area contributed by atoms with Crippen LogP contribution in [0.4, 0.5) is 0 Å². The molecule has 1 aromatic heterocycles. The van der Waals surface area contributed by atoms with Crippen LogP contribution in [0, 0.1) is 17.2 Å². The molecule has 1 aliphatic carbocycles. The maximum absolute atomic E-state index is 9.86. The minimum atomic E-state index is -0.345. The summed E-state index contributed by atoms with van der Waals surface area (Å²) < 4.78 is 0. The van der Waals surface area contributed by atoms with Crippen molar-refractivity contribution in [1.29, 1.82) is 5.26 Å². The highest BCUT2D eigenvalue weighted by molar-refractivity contribution is 5.29. The highest BCUT2D eigenvalue weighted by atomic mass is 14.9. The number of unbranched alkanes of at least 4 members (excludes halogenated alkanes) is 5. The van der Waals surface area contributed by atoms with Crippen LogP contribution in [-0.2, 0) is 11.8 Å². The second-order valence-corrected chi connectivity index (χ2v) is 7.83. The fourth-order valence-electron chi connectivity index (χ4n) is 4.05. The standard InChI is InChI=1S/C22H35N3/c1-3-5-7-9-10-19-12-14-22(18-23,15-13-19)20-16-24-21(25-17-20)11-8-6-4-2/h16-17,19H,3-15H2,1-2H3. The third-order valence-electron chi connectivity index (χ3n) is 5.90. The lowest BCUT2D eigenvalue weighted by atomic mass is 9.67. The van der Waals surface area contributed by atoms with Crippen LogP contribution in [0.15, 0.2) is 12.4 Å². The summed E-state index contributed by atoms with van der Waals surface area (Å²) in [5, 5.41) is 9.86. The predicted octanol–water partition coefficient (Wildman–Crippen LogP) is 6.13. The smallest absolute Gasteiger partial charge is 0.128 e. The van der Waals surface area contributed by atoms with E-state index < -0.39 is 0 Å². The van der Waals surface area contributed by atoms with Crippen molar-refractivity contribution in [3.05, 3.63) is 23.8 Å². The number of hydrogen-bond acceptors (Lipinski definition) is 3. The predicted molar refractivity (Wildman–Crippen MR) is 103 cm³/mol. The zero-order chi connectivity index (χ0) is 18.0. The van der Waals surface area contributed by atoms with Gasteiger partial charge >= 0.3 is 0 Å². The van der Waals surface area contributed by atoms with Gasteiger partial charge in [-0.25, -0.2) is 9.97 Å². The lowest BCUT2D eigenvalue weighted by Crippen LogP contribution is -2.30. The molecule has 0 radical (unpaired) electrons. The van der Waals surface area contributed by atoms with Gasteiger partial charge in [0.2, 0.25) is 0 Å². The van der Waals surface area contributed by atoms with Gasteiger partial charge in [-0.3, -0.25) is 0 Å². The molecule has 0 aliphatic heterocycles. The van der Waals surface area contributed by atoms with Crippen LogP contribution in [0.2, 0.25) is 0 Å². The largest absolute Gasteiger partial charge is 0.241 e. The van der Waals surface area contributed by atoms with E-state index >= 15 is 0 Å². The van der Waals surface area contributed by atoms with Gasteiger partial charge in [-0.2, -0.15) is 5.26 Å². The summed E-state index contributed by atoms with van der Waals surface area (Å²) >= 11 is 0. The Bertz CT molecular complexity index is 521. The van der Waals surface area contributed by atoms with Gasteiger partial charge in [-0.15, -0.1) is 0 Å². The highest BCUT2D eigenvalue weighted by Crippen LogP contribution is 2.42. The molecule has 1 saturated carbocycles. The Balaban J connectivity index is 1.88. The van der Waals surface area contributed by atoms with E-state index in [0.717, 1.165) is 43.0 Å². The van der Waals surface area contributed by atoms with Gasteiger partial charge in [0, 0.05) is 24.4 Å². The van der Waals surface area contributed by atoms with E-state index in [1.54, 1.807) is 0 Å². The molecule has 1 fully saturated rings. The van der Waals surface area contributed by atoms with Crippen LogP contribution in [0.5, 0.6) is 0 Å². The van der Waals surface area contributed by atoms with Crippen LogP contribution in [0.25, 0.3) is 0 Å². The number of rotatable bonds is 10. The fraction of sp³-hybridized carbons (Fsp3) is 0.773. The molecule has 2 rings (SSSR count). The van der Waals surface area contributed by atoms with Crippen LogP contribution < -0.4 is 0 Å². The number of nitrogens with zero attached hydrogens (tertiary/aromatic N) is 3. The van der Waals surface area contributed by atoms with E-state index in [0.29, 0.717) is 0 Å². The zero-order valence-corrected chi connectivity index (χ0v) is 16.3. The molecule has 0 aromatic carbocycles. The lowest BCUT2D eigenvalue weighted by Gasteiger charge is -2.35. The minimum Gasteiger partial charge on any atom is -0.241 e. The molecule has 0 bridgehead atoms. The first-order valence-electron chi connectivity index (χ1n) is 10.5. The zero-order valence-electron chi connectivity index (χ0n) is 16.3. The molecule has 0 saturated heterocycles. The van der Waals surface area contributed by atoms with E-state index in [2.05, 4.69) is 29.9 Å². The summed E-state index contributed by atoms with van der Waals surface area (Å²) in [6, 6.07) is 2.62. The Morgan fingerprint density at radius 3 is 2.24 bits per heavy atom. The summed E-state index contributed by atoms with van der Waals surface area (Å²) in [5.41, 5.74) is 0.695. The normalized spacial score (nSPS) is 23.3. The molecule has 1 heterocycles. The van der Waals surface area contributed by atoms with E-state index in [4.69, 9.17) is 0 Å². The van der Waals surface area contributed by atoms with E-state index in [1.807, 2.05) is 12.4 Å². The van der Waals surface area contributed by atoms with Crippen molar-refractivity contribution in [3.8, 4) is 6.07 Å². The third kappa shape index (κ3) is 5.80. The lowest BCUT2D eigenvalue weighted by molar-refractivity contribution is 0.260. The first-order valence-corrected chi connectivity index (χ1v) is 10.5. The van der Waals surface area contributed by atoms with Gasteiger partial charge in [0.1, 0.15) is 5.82 Å². The molecule has 0 N–H and O–H groups in total. The summed E-state index contributed by atoms with van der Waals surface area (Å²) in [6.07, 6.45) is 19.4. The van der Waals surface area contributed by atoms with Crippen LogP contribution in [0.3, 0.4) is 0 Å². The Morgan fingerprint density at radius 1 is 1.00 bits per heavy atom. The number of nitriles is 1. The molecular formula is C22H35N3. The highest BCUT2D eigenvalue weighted by Gasteiger charge is 2.37. The van der Waals surface area contributed by atoms with E-state index in [-0.39, 0.29) is 5.41 Å². The maximum Gasteiger partial charge on any atom is 0.128 e. The molecule has 0 amide bonds. The Hall–Kier alpha value is -1.43. The Labute approximate surface area is 154 Å². The summed E-state index contributed by atoms with van der Waals surface area (Å²) in [6.45, 7) is 4.47. The molecule has 0 atom stereocenters. The molecule has 1 aliphatic rings. The fourth-order valence-corrected chi connectivity index (χ4v) is 4.05. The van der Waals surface area contributed by atoms with Gasteiger partial charge in [0.05, 0.1) is 11.5 Å². The average Bonchev–Trinajstić information content (AvgIpc) is 2.67. The van der Waals surface area contributed by atoms with Gasteiger partial charge in [-0.05, 0) is 38.0 Å². The minimum absolute atomic E-state index is 0.345. The van der Waals surface area contributed by atoms with Gasteiger partial charge in [-0.1, -0.05) is 58.8 Å². The molecule has 1 aromatic rings. The first-order chi connectivity index (χ1) is 12.2. The second-order valence-electron chi connectivity index (χ2n) is 7.83. The van der Waals surface area contributed by atoms with Crippen molar-refractivity contribution in [2.45, 2.75) is 103 Å². The van der Waals surface area contributed by atoms with Crippen LogP contribution in [-0.4, -0.2) is 9.97 Å². The molecule has 138 valence electrons. The van der Waals surface area contributed by atoms with Crippen molar-refractivity contribution in [3.63, 3.8) is 0 Å². The van der Waals surface area contributed by atoms with Gasteiger partial charge in [0.25, 0.3) is 0 Å². The van der Waals surface area contributed by atoms with Gasteiger partial charge < -0.3 is 0 Å². The summed E-state index contributed by atoms with van der Waals surface area (Å²) in [5.74, 6) is 1.74. The van der Waals surface area contributed by atoms with Crippen molar-refractivity contribution in [2.24, 2.45) is 5.92 Å². The average molecular weight is 342 g/mol. The Kier molecular flexibility index (Phi) is 8.38. The summed E-state index contributed by atoms with van der Waals surface area (Å²) in [4.78, 5) is 9.09. The van der Waals surface area contributed by atoms with Crippen molar-refractivity contribution in [2.75, 3.05) is 0 Å².